The summed E-state index contributed by atoms with van der Waals surface area (Å²) < 4.78 is 0. The van der Waals surface area contributed by atoms with Crippen LogP contribution in [0, 0.1) is 11.8 Å². The molecule has 29 heavy (non-hydrogen) atoms. The molecule has 1 heterocycles. The molecular weight excluding hydrogens is 358 g/mol. The Labute approximate surface area is 177 Å². The van der Waals surface area contributed by atoms with E-state index in [1.807, 2.05) is 0 Å². The molecule has 3 aliphatic rings. The number of nitrogens with zero attached hydrogens (tertiary/aromatic N) is 3. The molecule has 0 aromatic heterocycles. The van der Waals surface area contributed by atoms with Crippen LogP contribution in [0.5, 0.6) is 0 Å². The maximum Gasteiger partial charge on any atom is 0.320 e. The minimum Gasteiger partial charge on any atom is -0.322 e. The normalized spacial score (nSPS) is 30.6. The molecule has 4 nitrogen and oxygen atoms in total. The van der Waals surface area contributed by atoms with Crippen LogP contribution in [0.25, 0.3) is 0 Å². The highest BCUT2D eigenvalue weighted by atomic mass is 16.2. The van der Waals surface area contributed by atoms with Crippen LogP contribution >= 0.6 is 0 Å². The van der Waals surface area contributed by atoms with Crippen molar-refractivity contribution in [2.75, 3.05) is 33.7 Å². The van der Waals surface area contributed by atoms with Gasteiger partial charge in [0.2, 0.25) is 0 Å². The molecule has 1 aliphatic heterocycles. The molecule has 0 N–H and O–H groups in total. The molecule has 3 fully saturated rings. The van der Waals surface area contributed by atoms with Gasteiger partial charge in [-0.15, -0.1) is 0 Å². The van der Waals surface area contributed by atoms with Gasteiger partial charge in [0, 0.05) is 25.2 Å². The van der Waals surface area contributed by atoms with Crippen molar-refractivity contribution in [2.24, 2.45) is 11.8 Å². The summed E-state index contributed by atoms with van der Waals surface area (Å²) in [6, 6.07) is 11.3. The van der Waals surface area contributed by atoms with E-state index in [4.69, 9.17) is 0 Å². The summed E-state index contributed by atoms with van der Waals surface area (Å²) in [7, 11) is 4.45. The van der Waals surface area contributed by atoms with E-state index in [-0.39, 0.29) is 11.1 Å². The lowest BCUT2D eigenvalue weighted by Gasteiger charge is -2.51. The number of hydrogen-bond donors (Lipinski definition) is 0. The molecule has 0 unspecified atom stereocenters. The van der Waals surface area contributed by atoms with E-state index in [9.17, 15) is 4.79 Å². The number of carbonyl (C=O) groups is 1. The Hall–Kier alpha value is -1.55. The van der Waals surface area contributed by atoms with E-state index < -0.39 is 0 Å². The Balaban J connectivity index is 1.58. The molecule has 1 aromatic carbocycles. The fraction of sp³-hybridized carbons (Fsp3) is 0.720. The Kier molecular flexibility index (Phi) is 5.67. The minimum absolute atomic E-state index is 0.0376. The van der Waals surface area contributed by atoms with Crippen molar-refractivity contribution in [3.8, 4) is 0 Å². The van der Waals surface area contributed by atoms with Crippen LogP contribution in [0.15, 0.2) is 30.3 Å². The van der Waals surface area contributed by atoms with Crippen molar-refractivity contribution in [1.82, 2.24) is 14.7 Å². The largest absolute Gasteiger partial charge is 0.322 e. The first-order valence-corrected chi connectivity index (χ1v) is 11.7. The van der Waals surface area contributed by atoms with Crippen molar-refractivity contribution in [1.29, 1.82) is 0 Å². The van der Waals surface area contributed by atoms with Gasteiger partial charge in [0.05, 0.1) is 5.54 Å². The molecule has 2 aliphatic carbocycles. The van der Waals surface area contributed by atoms with E-state index in [1.165, 1.54) is 24.8 Å². The van der Waals surface area contributed by atoms with Crippen LogP contribution in [0.2, 0.25) is 0 Å². The van der Waals surface area contributed by atoms with Gasteiger partial charge in [-0.3, -0.25) is 4.90 Å². The second-order valence-corrected chi connectivity index (χ2v) is 10.5. The summed E-state index contributed by atoms with van der Waals surface area (Å²) in [5.41, 5.74) is 1.55. The SMILES string of the molecule is CC(C)CN1CC2(CCC(c3ccccc3)(N(C)C)CC2)N(CC2CCC2)C1=O. The highest BCUT2D eigenvalue weighted by molar-refractivity contribution is 5.78. The molecule has 0 radical (unpaired) electrons. The lowest BCUT2D eigenvalue weighted by Crippen LogP contribution is -2.56. The predicted molar refractivity (Wildman–Crippen MR) is 119 cm³/mol. The Morgan fingerprint density at radius 1 is 1.07 bits per heavy atom. The lowest BCUT2D eigenvalue weighted by atomic mass is 9.68. The van der Waals surface area contributed by atoms with Crippen molar-refractivity contribution in [2.45, 2.75) is 69.9 Å². The van der Waals surface area contributed by atoms with Crippen molar-refractivity contribution < 1.29 is 4.79 Å². The molecule has 4 rings (SSSR count). The Morgan fingerprint density at radius 3 is 2.24 bits per heavy atom. The summed E-state index contributed by atoms with van der Waals surface area (Å²) in [5, 5.41) is 0. The van der Waals surface area contributed by atoms with Crippen LogP contribution in [0.1, 0.15) is 64.4 Å². The molecule has 2 amide bonds. The molecule has 160 valence electrons. The topological polar surface area (TPSA) is 26.8 Å². The first-order chi connectivity index (χ1) is 13.9. The average molecular weight is 398 g/mol. The van der Waals surface area contributed by atoms with Crippen molar-refractivity contribution >= 4 is 6.03 Å². The van der Waals surface area contributed by atoms with E-state index >= 15 is 0 Å². The fourth-order valence-electron chi connectivity index (χ4n) is 5.97. The molecule has 0 atom stereocenters. The van der Waals surface area contributed by atoms with Gasteiger partial charge in [0.25, 0.3) is 0 Å². The van der Waals surface area contributed by atoms with Crippen LogP contribution in [-0.4, -0.2) is 60.0 Å². The summed E-state index contributed by atoms with van der Waals surface area (Å²) in [5.74, 6) is 1.25. The van der Waals surface area contributed by atoms with E-state index in [2.05, 4.69) is 73.0 Å². The number of rotatable bonds is 6. The van der Waals surface area contributed by atoms with Gasteiger partial charge in [0.1, 0.15) is 0 Å². The fourth-order valence-corrected chi connectivity index (χ4v) is 5.97. The maximum absolute atomic E-state index is 13.4. The molecule has 1 saturated heterocycles. The lowest BCUT2D eigenvalue weighted by molar-refractivity contribution is 0.0159. The third-order valence-corrected chi connectivity index (χ3v) is 7.99. The summed E-state index contributed by atoms with van der Waals surface area (Å²) in [4.78, 5) is 20.3. The van der Waals surface area contributed by atoms with Gasteiger partial charge in [-0.1, -0.05) is 50.6 Å². The van der Waals surface area contributed by atoms with Gasteiger partial charge >= 0.3 is 6.03 Å². The zero-order valence-electron chi connectivity index (χ0n) is 18.9. The van der Waals surface area contributed by atoms with Crippen LogP contribution in [0.3, 0.4) is 0 Å². The minimum atomic E-state index is 0.0376. The average Bonchev–Trinajstić information content (AvgIpc) is 2.90. The molecule has 1 aromatic rings. The third-order valence-electron chi connectivity index (χ3n) is 7.99. The van der Waals surface area contributed by atoms with Gasteiger partial charge in [-0.25, -0.2) is 4.79 Å². The zero-order valence-corrected chi connectivity index (χ0v) is 18.9. The molecule has 2 saturated carbocycles. The smallest absolute Gasteiger partial charge is 0.320 e. The number of urea groups is 1. The Morgan fingerprint density at radius 2 is 1.72 bits per heavy atom. The van der Waals surface area contributed by atoms with E-state index in [0.29, 0.717) is 11.9 Å². The zero-order chi connectivity index (χ0) is 20.6. The second kappa shape index (κ2) is 7.94. The maximum atomic E-state index is 13.4. The quantitative estimate of drug-likeness (QED) is 0.679. The molecule has 4 heteroatoms. The van der Waals surface area contributed by atoms with Gasteiger partial charge in [-0.05, 0) is 70.0 Å². The summed E-state index contributed by atoms with van der Waals surface area (Å²) in [6.07, 6.45) is 8.39. The van der Waals surface area contributed by atoms with Gasteiger partial charge in [-0.2, -0.15) is 0 Å². The van der Waals surface area contributed by atoms with E-state index in [1.54, 1.807) is 0 Å². The van der Waals surface area contributed by atoms with E-state index in [0.717, 1.165) is 51.2 Å². The van der Waals surface area contributed by atoms with Gasteiger partial charge in [0.15, 0.2) is 0 Å². The van der Waals surface area contributed by atoms with Crippen LogP contribution < -0.4 is 0 Å². The molecular formula is C25H39N3O. The summed E-state index contributed by atoms with van der Waals surface area (Å²) in [6.45, 7) is 7.24. The standard InChI is InChI=1S/C25H39N3O/c1-20(2)17-27-19-24(28(23(27)29)18-21-9-8-10-21)13-15-25(16-14-24,26(3)4)22-11-6-5-7-12-22/h5-7,11-12,20-21H,8-10,13-19H2,1-4H3. The van der Waals surface area contributed by atoms with Crippen LogP contribution in [-0.2, 0) is 5.54 Å². The second-order valence-electron chi connectivity index (χ2n) is 10.5. The monoisotopic (exact) mass is 397 g/mol. The summed E-state index contributed by atoms with van der Waals surface area (Å²) >= 11 is 0. The highest BCUT2D eigenvalue weighted by Gasteiger charge is 2.54. The third kappa shape index (κ3) is 3.69. The van der Waals surface area contributed by atoms with Crippen LogP contribution in [0.4, 0.5) is 4.79 Å². The number of amides is 2. The highest BCUT2D eigenvalue weighted by Crippen LogP contribution is 2.49. The Bertz CT molecular complexity index is 702. The number of benzene rings is 1. The number of hydrogen-bond acceptors (Lipinski definition) is 2. The number of carbonyl (C=O) groups excluding carboxylic acids is 1. The van der Waals surface area contributed by atoms with Crippen molar-refractivity contribution in [3.63, 3.8) is 0 Å². The first kappa shape index (κ1) is 20.7. The molecule has 0 bridgehead atoms. The first-order valence-electron chi connectivity index (χ1n) is 11.7. The van der Waals surface area contributed by atoms with Gasteiger partial charge < -0.3 is 9.80 Å². The predicted octanol–water partition coefficient (Wildman–Crippen LogP) is 4.95. The molecule has 1 spiro atoms. The van der Waals surface area contributed by atoms with Crippen molar-refractivity contribution in [3.05, 3.63) is 35.9 Å².